The van der Waals surface area contributed by atoms with Crippen molar-refractivity contribution in [1.29, 1.82) is 0 Å². The molecule has 1 atom stereocenters. The monoisotopic (exact) mass is 398 g/mol. The number of amides is 2. The summed E-state index contributed by atoms with van der Waals surface area (Å²) < 4.78 is 18.9. The molecule has 146 valence electrons. The van der Waals surface area contributed by atoms with Crippen LogP contribution in [0, 0.1) is 17.2 Å². The highest BCUT2D eigenvalue weighted by molar-refractivity contribution is 6.30. The zero-order valence-corrected chi connectivity index (χ0v) is 15.3. The van der Waals surface area contributed by atoms with Crippen LogP contribution in [0.3, 0.4) is 0 Å². The van der Waals surface area contributed by atoms with E-state index < -0.39 is 23.1 Å². The summed E-state index contributed by atoms with van der Waals surface area (Å²) in [6, 6.07) is 4.03. The van der Waals surface area contributed by atoms with Crippen molar-refractivity contribution >= 4 is 35.1 Å². The molecule has 3 rings (SSSR count). The molecule has 2 amide bonds. The molecule has 0 radical (unpaired) electrons. The second-order valence-electron chi connectivity index (χ2n) is 6.92. The van der Waals surface area contributed by atoms with Gasteiger partial charge in [-0.05, 0) is 31.0 Å². The maximum absolute atomic E-state index is 13.6. The molecular weight excluding hydrogens is 379 g/mol. The maximum atomic E-state index is 13.6. The minimum Gasteiger partial charge on any atom is -0.481 e. The Hall–Kier alpha value is -2.19. The fourth-order valence-corrected chi connectivity index (χ4v) is 3.53. The summed E-state index contributed by atoms with van der Waals surface area (Å²) in [5.74, 6) is -2.91. The molecule has 2 fully saturated rings. The lowest BCUT2D eigenvalue weighted by atomic mass is 9.80. The van der Waals surface area contributed by atoms with Gasteiger partial charge in [0.25, 0.3) is 0 Å². The minimum absolute atomic E-state index is 0.00914. The van der Waals surface area contributed by atoms with Crippen LogP contribution >= 0.6 is 11.6 Å². The van der Waals surface area contributed by atoms with Crippen LogP contribution in [0.1, 0.15) is 19.3 Å². The van der Waals surface area contributed by atoms with Crippen molar-refractivity contribution in [2.24, 2.45) is 11.3 Å². The minimum atomic E-state index is -1.05. The number of hydrogen-bond acceptors (Lipinski definition) is 4. The molecule has 1 aromatic rings. The lowest BCUT2D eigenvalue weighted by Gasteiger charge is -2.33. The first kappa shape index (κ1) is 19.6. The van der Waals surface area contributed by atoms with Crippen molar-refractivity contribution in [3.63, 3.8) is 0 Å². The topological polar surface area (TPSA) is 95.9 Å². The third kappa shape index (κ3) is 4.06. The van der Waals surface area contributed by atoms with Gasteiger partial charge in [-0.15, -0.1) is 0 Å². The molecule has 9 heteroatoms. The second kappa shape index (κ2) is 7.82. The van der Waals surface area contributed by atoms with Crippen molar-refractivity contribution < 1.29 is 28.6 Å². The molecule has 2 heterocycles. The van der Waals surface area contributed by atoms with Gasteiger partial charge in [0.1, 0.15) is 5.82 Å². The van der Waals surface area contributed by atoms with Gasteiger partial charge in [-0.1, -0.05) is 11.6 Å². The van der Waals surface area contributed by atoms with Crippen LogP contribution in [0.25, 0.3) is 0 Å². The van der Waals surface area contributed by atoms with Gasteiger partial charge >= 0.3 is 5.97 Å². The summed E-state index contributed by atoms with van der Waals surface area (Å²) in [5, 5.41) is 12.2. The number of hydrogen-bond donors (Lipinski definition) is 2. The van der Waals surface area contributed by atoms with Gasteiger partial charge in [0.05, 0.1) is 16.4 Å². The number of ether oxygens (including phenoxy) is 1. The second-order valence-corrected chi connectivity index (χ2v) is 7.33. The first-order chi connectivity index (χ1) is 12.8. The van der Waals surface area contributed by atoms with Crippen LogP contribution in [0.15, 0.2) is 18.2 Å². The lowest BCUT2D eigenvalue weighted by Crippen LogP contribution is -2.48. The summed E-state index contributed by atoms with van der Waals surface area (Å²) in [6.45, 7) is 0.764. The maximum Gasteiger partial charge on any atom is 0.311 e. The summed E-state index contributed by atoms with van der Waals surface area (Å²) in [4.78, 5) is 37.7. The van der Waals surface area contributed by atoms with Gasteiger partial charge in [-0.3, -0.25) is 14.4 Å². The van der Waals surface area contributed by atoms with E-state index in [1.54, 1.807) is 0 Å². The highest BCUT2D eigenvalue weighted by Gasteiger charge is 2.42. The van der Waals surface area contributed by atoms with Crippen LogP contribution in [-0.4, -0.2) is 49.2 Å². The lowest BCUT2D eigenvalue weighted by molar-refractivity contribution is -0.154. The first-order valence-corrected chi connectivity index (χ1v) is 9.04. The number of carbonyl (C=O) groups is 3. The molecule has 2 N–H and O–H groups in total. The summed E-state index contributed by atoms with van der Waals surface area (Å²) in [6.07, 6.45) is 0.629. The Bertz CT molecular complexity index is 766. The standard InChI is InChI=1S/C18H20ClFN2O5/c19-13-2-1-12(8-14(13)20)22-9-11(7-15(22)23)16(24)21-10-18(17(25)26)3-5-27-6-4-18/h1-2,8,11H,3-7,9-10H2,(H,21,24)(H,25,26). The van der Waals surface area contributed by atoms with Crippen molar-refractivity contribution in [3.05, 3.63) is 29.0 Å². The molecule has 2 saturated heterocycles. The number of halogens is 2. The molecular formula is C18H20ClFN2O5. The smallest absolute Gasteiger partial charge is 0.311 e. The quantitative estimate of drug-likeness (QED) is 0.788. The van der Waals surface area contributed by atoms with Gasteiger partial charge < -0.3 is 20.1 Å². The average molecular weight is 399 g/mol. The number of nitrogens with one attached hydrogen (secondary N) is 1. The molecule has 2 aliphatic heterocycles. The number of benzene rings is 1. The van der Waals surface area contributed by atoms with Crippen LogP contribution in [0.4, 0.5) is 10.1 Å². The Labute approximate surface area is 160 Å². The summed E-state index contributed by atoms with van der Waals surface area (Å²) in [7, 11) is 0. The van der Waals surface area contributed by atoms with Crippen LogP contribution < -0.4 is 10.2 Å². The predicted octanol–water partition coefficient (Wildman–Crippen LogP) is 1.83. The Morgan fingerprint density at radius 3 is 2.70 bits per heavy atom. The Kier molecular flexibility index (Phi) is 5.67. The molecule has 1 aromatic carbocycles. The summed E-state index contributed by atoms with van der Waals surface area (Å²) >= 11 is 5.66. The van der Waals surface area contributed by atoms with Gasteiger partial charge in [0.15, 0.2) is 0 Å². The SMILES string of the molecule is O=C(NCC1(C(=O)O)CCOCC1)C1CC(=O)N(c2ccc(Cl)c(F)c2)C1. The molecule has 0 aliphatic carbocycles. The third-order valence-corrected chi connectivity index (χ3v) is 5.52. The fourth-order valence-electron chi connectivity index (χ4n) is 3.41. The van der Waals surface area contributed by atoms with E-state index >= 15 is 0 Å². The molecule has 7 nitrogen and oxygen atoms in total. The molecule has 2 aliphatic rings. The van der Waals surface area contributed by atoms with Gasteiger partial charge in [-0.2, -0.15) is 0 Å². The van der Waals surface area contributed by atoms with Crippen molar-refractivity contribution in [1.82, 2.24) is 5.32 Å². The molecule has 1 unspecified atom stereocenters. The normalized spacial score (nSPS) is 21.9. The van der Waals surface area contributed by atoms with E-state index in [9.17, 15) is 23.9 Å². The molecule has 0 aromatic heterocycles. The number of carbonyl (C=O) groups excluding carboxylic acids is 2. The molecule has 0 spiro atoms. The van der Waals surface area contributed by atoms with Crippen molar-refractivity contribution in [2.75, 3.05) is 31.2 Å². The predicted molar refractivity (Wildman–Crippen MR) is 95.0 cm³/mol. The Balaban J connectivity index is 1.63. The van der Waals surface area contributed by atoms with E-state index in [1.807, 2.05) is 0 Å². The van der Waals surface area contributed by atoms with E-state index in [1.165, 1.54) is 17.0 Å². The number of aliphatic carboxylic acids is 1. The van der Waals surface area contributed by atoms with Crippen LogP contribution in [0.2, 0.25) is 5.02 Å². The Morgan fingerprint density at radius 1 is 1.37 bits per heavy atom. The highest BCUT2D eigenvalue weighted by atomic mass is 35.5. The fraction of sp³-hybridized carbons (Fsp3) is 0.500. The molecule has 27 heavy (non-hydrogen) atoms. The first-order valence-electron chi connectivity index (χ1n) is 8.67. The van der Waals surface area contributed by atoms with E-state index in [2.05, 4.69) is 5.32 Å². The number of carboxylic acids is 1. The number of carboxylic acid groups (broad SMARTS) is 1. The van der Waals surface area contributed by atoms with Crippen molar-refractivity contribution in [2.45, 2.75) is 19.3 Å². The third-order valence-electron chi connectivity index (χ3n) is 5.22. The molecule has 0 bridgehead atoms. The van der Waals surface area contributed by atoms with Gasteiger partial charge in [-0.25, -0.2) is 4.39 Å². The average Bonchev–Trinajstić information content (AvgIpc) is 3.04. The number of anilines is 1. The number of nitrogens with zero attached hydrogens (tertiary/aromatic N) is 1. The largest absolute Gasteiger partial charge is 0.481 e. The Morgan fingerprint density at radius 2 is 2.07 bits per heavy atom. The van der Waals surface area contributed by atoms with Gasteiger partial charge in [0.2, 0.25) is 11.8 Å². The van der Waals surface area contributed by atoms with E-state index in [0.717, 1.165) is 6.07 Å². The van der Waals surface area contributed by atoms with Crippen LogP contribution in [-0.2, 0) is 19.1 Å². The highest BCUT2D eigenvalue weighted by Crippen LogP contribution is 2.31. The van der Waals surface area contributed by atoms with E-state index in [0.29, 0.717) is 31.7 Å². The van der Waals surface area contributed by atoms with Crippen molar-refractivity contribution in [3.8, 4) is 0 Å². The van der Waals surface area contributed by atoms with Gasteiger partial charge in [0, 0.05) is 38.4 Å². The van der Waals surface area contributed by atoms with Crippen LogP contribution in [0.5, 0.6) is 0 Å². The summed E-state index contributed by atoms with van der Waals surface area (Å²) in [5.41, 5.74) is -0.709. The van der Waals surface area contributed by atoms with E-state index in [-0.39, 0.29) is 36.3 Å². The van der Waals surface area contributed by atoms with E-state index in [4.69, 9.17) is 16.3 Å². The zero-order valence-electron chi connectivity index (χ0n) is 14.5. The number of rotatable bonds is 5. The zero-order chi connectivity index (χ0) is 19.6. The molecule has 0 saturated carbocycles.